The Hall–Kier alpha value is -0.620. The first-order chi connectivity index (χ1) is 6.47. The number of aromatic nitrogens is 1. The van der Waals surface area contributed by atoms with Gasteiger partial charge >= 0.3 is 0 Å². The third-order valence-electron chi connectivity index (χ3n) is 1.51. The lowest BCUT2D eigenvalue weighted by atomic mass is 10.4. The van der Waals surface area contributed by atoms with Crippen LogP contribution in [0.15, 0.2) is 22.9 Å². The predicted molar refractivity (Wildman–Crippen MR) is 60.1 cm³/mol. The Morgan fingerprint density at radius 2 is 2.21 bits per heavy atom. The lowest BCUT2D eigenvalue weighted by Gasteiger charge is -2.04. The molecule has 0 aliphatic heterocycles. The minimum absolute atomic E-state index is 0.125. The van der Waals surface area contributed by atoms with Crippen molar-refractivity contribution < 1.29 is 8.42 Å². The zero-order valence-corrected chi connectivity index (χ0v) is 10.1. The Morgan fingerprint density at radius 1 is 1.50 bits per heavy atom. The van der Waals surface area contributed by atoms with Crippen LogP contribution in [0.2, 0.25) is 0 Å². The molecule has 1 rings (SSSR count). The average molecular weight is 279 g/mol. The molecule has 0 fully saturated rings. The monoisotopic (exact) mass is 278 g/mol. The topological polar surface area (TPSA) is 59.1 Å². The smallest absolute Gasteiger partial charge is 0.149 e. The summed E-state index contributed by atoms with van der Waals surface area (Å²) in [6, 6.07) is 1.84. The third kappa shape index (κ3) is 4.57. The van der Waals surface area contributed by atoms with Crippen LogP contribution in [-0.4, -0.2) is 32.0 Å². The molecule has 1 aromatic rings. The molecule has 1 aromatic heterocycles. The highest BCUT2D eigenvalue weighted by atomic mass is 79.9. The van der Waals surface area contributed by atoms with Crippen LogP contribution in [-0.2, 0) is 9.84 Å². The van der Waals surface area contributed by atoms with Gasteiger partial charge in [-0.15, -0.1) is 0 Å². The van der Waals surface area contributed by atoms with Crippen molar-refractivity contribution in [3.05, 3.63) is 22.9 Å². The predicted octanol–water partition coefficient (Wildman–Crippen LogP) is 1.30. The molecule has 0 radical (unpaired) electrons. The molecule has 0 aliphatic rings. The highest BCUT2D eigenvalue weighted by molar-refractivity contribution is 9.10. The van der Waals surface area contributed by atoms with E-state index in [1.165, 1.54) is 6.26 Å². The number of rotatable bonds is 4. The van der Waals surface area contributed by atoms with Crippen LogP contribution in [0.1, 0.15) is 0 Å². The molecule has 1 N–H and O–H groups in total. The van der Waals surface area contributed by atoms with Gasteiger partial charge in [-0.1, -0.05) is 0 Å². The minimum Gasteiger partial charge on any atom is -0.383 e. The summed E-state index contributed by atoms with van der Waals surface area (Å²) in [6.45, 7) is 0.400. The fourth-order valence-corrected chi connectivity index (χ4v) is 1.73. The van der Waals surface area contributed by atoms with Gasteiger partial charge < -0.3 is 5.32 Å². The molecule has 0 saturated heterocycles. The van der Waals surface area contributed by atoms with Gasteiger partial charge in [-0.3, -0.25) is 4.98 Å². The van der Waals surface area contributed by atoms with Gasteiger partial charge in [0, 0.05) is 23.5 Å². The number of halogens is 1. The highest BCUT2D eigenvalue weighted by Crippen LogP contribution is 2.13. The number of sulfone groups is 1. The lowest BCUT2D eigenvalue weighted by Crippen LogP contribution is -2.14. The van der Waals surface area contributed by atoms with E-state index in [1.54, 1.807) is 12.4 Å². The molecule has 14 heavy (non-hydrogen) atoms. The van der Waals surface area contributed by atoms with Gasteiger partial charge in [-0.2, -0.15) is 0 Å². The summed E-state index contributed by atoms with van der Waals surface area (Å²) in [5.74, 6) is 0.125. The highest BCUT2D eigenvalue weighted by Gasteiger charge is 2.01. The van der Waals surface area contributed by atoms with Crippen molar-refractivity contribution in [1.29, 1.82) is 0 Å². The van der Waals surface area contributed by atoms with Crippen LogP contribution in [0.5, 0.6) is 0 Å². The third-order valence-corrected chi connectivity index (χ3v) is 2.89. The van der Waals surface area contributed by atoms with Crippen molar-refractivity contribution >= 4 is 31.5 Å². The lowest BCUT2D eigenvalue weighted by molar-refractivity contribution is 0.602. The molecule has 0 aromatic carbocycles. The van der Waals surface area contributed by atoms with Gasteiger partial charge in [0.05, 0.1) is 17.6 Å². The zero-order valence-electron chi connectivity index (χ0n) is 7.70. The van der Waals surface area contributed by atoms with Crippen molar-refractivity contribution in [1.82, 2.24) is 4.98 Å². The number of anilines is 1. The summed E-state index contributed by atoms with van der Waals surface area (Å²) in [7, 11) is -2.90. The number of nitrogens with zero attached hydrogens (tertiary/aromatic N) is 1. The van der Waals surface area contributed by atoms with Crippen LogP contribution in [0, 0.1) is 0 Å². The minimum atomic E-state index is -2.90. The Morgan fingerprint density at radius 3 is 2.79 bits per heavy atom. The van der Waals surface area contributed by atoms with Crippen LogP contribution in [0.3, 0.4) is 0 Å². The molecular weight excluding hydrogens is 268 g/mol. The molecule has 0 atom stereocenters. The quantitative estimate of drug-likeness (QED) is 0.902. The van der Waals surface area contributed by atoms with Crippen LogP contribution >= 0.6 is 15.9 Å². The average Bonchev–Trinajstić information content (AvgIpc) is 2.01. The summed E-state index contributed by atoms with van der Waals surface area (Å²) in [5, 5.41) is 2.97. The zero-order chi connectivity index (χ0) is 10.6. The molecule has 1 heterocycles. The summed E-state index contributed by atoms with van der Waals surface area (Å²) in [4.78, 5) is 3.94. The van der Waals surface area contributed by atoms with E-state index < -0.39 is 9.84 Å². The van der Waals surface area contributed by atoms with E-state index in [9.17, 15) is 8.42 Å². The van der Waals surface area contributed by atoms with E-state index in [4.69, 9.17) is 0 Å². The van der Waals surface area contributed by atoms with Crippen molar-refractivity contribution in [2.45, 2.75) is 0 Å². The Labute approximate surface area is 91.8 Å². The summed E-state index contributed by atoms with van der Waals surface area (Å²) in [6.07, 6.45) is 4.53. The van der Waals surface area contributed by atoms with Gasteiger partial charge in [0.2, 0.25) is 0 Å². The molecule has 0 amide bonds. The maximum absolute atomic E-state index is 10.8. The fraction of sp³-hybridized carbons (Fsp3) is 0.375. The van der Waals surface area contributed by atoms with Crippen molar-refractivity contribution in [3.63, 3.8) is 0 Å². The van der Waals surface area contributed by atoms with E-state index in [1.807, 2.05) is 6.07 Å². The first-order valence-electron chi connectivity index (χ1n) is 3.99. The van der Waals surface area contributed by atoms with Gasteiger partial charge in [0.1, 0.15) is 9.84 Å². The van der Waals surface area contributed by atoms with E-state index in [-0.39, 0.29) is 5.75 Å². The van der Waals surface area contributed by atoms with Crippen molar-refractivity contribution in [3.8, 4) is 0 Å². The summed E-state index contributed by atoms with van der Waals surface area (Å²) < 4.78 is 22.5. The van der Waals surface area contributed by atoms with E-state index in [0.29, 0.717) is 6.54 Å². The standard InChI is InChI=1S/C8H11BrN2O2S/c1-14(12,13)3-2-11-8-4-7(9)5-10-6-8/h4-6,11H,2-3H2,1H3. The Bertz CT molecular complexity index is 406. The second-order valence-corrected chi connectivity index (χ2v) is 6.12. The van der Waals surface area contributed by atoms with Crippen LogP contribution in [0.25, 0.3) is 0 Å². The molecule has 6 heteroatoms. The van der Waals surface area contributed by atoms with Crippen molar-refractivity contribution in [2.24, 2.45) is 0 Å². The second-order valence-electron chi connectivity index (χ2n) is 2.95. The number of nitrogens with one attached hydrogen (secondary N) is 1. The van der Waals surface area contributed by atoms with Gasteiger partial charge in [-0.05, 0) is 22.0 Å². The maximum atomic E-state index is 10.8. The molecule has 4 nitrogen and oxygen atoms in total. The summed E-state index contributed by atoms with van der Waals surface area (Å²) in [5.41, 5.74) is 0.808. The fourth-order valence-electron chi connectivity index (χ4n) is 0.889. The Balaban J connectivity index is 2.47. The molecule has 0 unspecified atom stereocenters. The second kappa shape index (κ2) is 4.75. The first-order valence-corrected chi connectivity index (χ1v) is 6.85. The first kappa shape index (κ1) is 11.5. The number of pyridine rings is 1. The number of hydrogen-bond donors (Lipinski definition) is 1. The SMILES string of the molecule is CS(=O)(=O)CCNc1cncc(Br)c1. The van der Waals surface area contributed by atoms with Crippen molar-refractivity contribution in [2.75, 3.05) is 23.9 Å². The largest absolute Gasteiger partial charge is 0.383 e. The van der Waals surface area contributed by atoms with Crippen LogP contribution < -0.4 is 5.32 Å². The van der Waals surface area contributed by atoms with Crippen LogP contribution in [0.4, 0.5) is 5.69 Å². The van der Waals surface area contributed by atoms with Gasteiger partial charge in [0.15, 0.2) is 0 Å². The maximum Gasteiger partial charge on any atom is 0.149 e. The summed E-state index contributed by atoms with van der Waals surface area (Å²) >= 11 is 3.27. The molecule has 0 bridgehead atoms. The van der Waals surface area contributed by atoms with E-state index >= 15 is 0 Å². The number of hydrogen-bond acceptors (Lipinski definition) is 4. The van der Waals surface area contributed by atoms with Gasteiger partial charge in [0.25, 0.3) is 0 Å². The normalized spacial score (nSPS) is 11.3. The van der Waals surface area contributed by atoms with E-state index in [2.05, 4.69) is 26.2 Å². The molecule has 78 valence electrons. The van der Waals surface area contributed by atoms with E-state index in [0.717, 1.165) is 10.2 Å². The molecule has 0 saturated carbocycles. The molecule has 0 aliphatic carbocycles. The molecular formula is C8H11BrN2O2S. The Kier molecular flexibility index (Phi) is 3.88. The van der Waals surface area contributed by atoms with Gasteiger partial charge in [-0.25, -0.2) is 8.42 Å². The molecule has 0 spiro atoms.